The summed E-state index contributed by atoms with van der Waals surface area (Å²) in [5.74, 6) is 0.0410. The van der Waals surface area contributed by atoms with Crippen molar-refractivity contribution in [2.24, 2.45) is 4.99 Å². The van der Waals surface area contributed by atoms with Crippen molar-refractivity contribution in [2.45, 2.75) is 6.92 Å². The van der Waals surface area contributed by atoms with E-state index in [1.807, 2.05) is 36.4 Å². The van der Waals surface area contributed by atoms with E-state index in [9.17, 15) is 4.79 Å². The maximum Gasteiger partial charge on any atom is 0.359 e. The summed E-state index contributed by atoms with van der Waals surface area (Å²) in [5, 5.41) is 0. The fourth-order valence-electron chi connectivity index (χ4n) is 2.74. The molecule has 1 aliphatic heterocycles. The van der Waals surface area contributed by atoms with Crippen molar-refractivity contribution in [3.05, 3.63) is 65.5 Å². The van der Waals surface area contributed by atoms with Gasteiger partial charge in [-0.15, -0.1) is 0 Å². The zero-order valence-corrected chi connectivity index (χ0v) is 10.9. The first-order valence-corrected chi connectivity index (χ1v) is 6.46. The lowest BCUT2D eigenvalue weighted by molar-refractivity contribution is -0.130. The van der Waals surface area contributed by atoms with Gasteiger partial charge in [-0.2, -0.15) is 0 Å². The highest BCUT2D eigenvalue weighted by atomic mass is 16.6. The molecule has 0 saturated heterocycles. The van der Waals surface area contributed by atoms with Gasteiger partial charge in [-0.1, -0.05) is 48.5 Å². The van der Waals surface area contributed by atoms with Crippen LogP contribution in [0.15, 0.2) is 59.4 Å². The summed E-state index contributed by atoms with van der Waals surface area (Å²) in [6.07, 6.45) is 0. The molecule has 2 aromatic rings. The molecule has 0 fully saturated rings. The molecule has 1 aliphatic carbocycles. The molecule has 2 aromatic carbocycles. The molecule has 3 nitrogen and oxygen atoms in total. The largest absolute Gasteiger partial charge is 0.402 e. The van der Waals surface area contributed by atoms with Gasteiger partial charge in [0, 0.05) is 0 Å². The molecule has 2 aliphatic rings. The normalized spacial score (nSPS) is 15.8. The van der Waals surface area contributed by atoms with E-state index >= 15 is 0 Å². The van der Waals surface area contributed by atoms with Crippen molar-refractivity contribution in [3.8, 4) is 11.1 Å². The molecule has 0 atom stereocenters. The predicted molar refractivity (Wildman–Crippen MR) is 77.1 cm³/mol. The summed E-state index contributed by atoms with van der Waals surface area (Å²) in [4.78, 5) is 15.9. The fourth-order valence-corrected chi connectivity index (χ4v) is 2.74. The Labute approximate surface area is 116 Å². The van der Waals surface area contributed by atoms with Gasteiger partial charge in [0.2, 0.25) is 5.88 Å². The molecule has 0 bridgehead atoms. The minimum atomic E-state index is -0.366. The molecule has 3 heteroatoms. The number of hydrogen-bond acceptors (Lipinski definition) is 3. The van der Waals surface area contributed by atoms with Crippen LogP contribution in [0.4, 0.5) is 0 Å². The van der Waals surface area contributed by atoms with E-state index in [1.54, 1.807) is 6.92 Å². The lowest BCUT2D eigenvalue weighted by Gasteiger charge is -2.04. The van der Waals surface area contributed by atoms with E-state index in [2.05, 4.69) is 17.1 Å². The summed E-state index contributed by atoms with van der Waals surface area (Å²) in [6, 6.07) is 16.2. The Kier molecular flexibility index (Phi) is 2.18. The number of rotatable bonds is 0. The Morgan fingerprint density at radius 3 is 1.80 bits per heavy atom. The van der Waals surface area contributed by atoms with Gasteiger partial charge in [-0.05, 0) is 29.2 Å². The minimum Gasteiger partial charge on any atom is -0.402 e. The lowest BCUT2D eigenvalue weighted by Crippen LogP contribution is -2.04. The van der Waals surface area contributed by atoms with E-state index in [0.29, 0.717) is 11.6 Å². The minimum absolute atomic E-state index is 0.366. The fraction of sp³-hybridized carbons (Fsp3) is 0.0588. The first-order valence-electron chi connectivity index (χ1n) is 6.46. The predicted octanol–water partition coefficient (Wildman–Crippen LogP) is 3.40. The zero-order valence-electron chi connectivity index (χ0n) is 10.9. The number of benzene rings is 2. The number of ether oxygens (including phenoxy) is 1. The Bertz CT molecular complexity index is 768. The van der Waals surface area contributed by atoms with Crippen LogP contribution >= 0.6 is 0 Å². The molecule has 4 rings (SSSR count). The van der Waals surface area contributed by atoms with E-state index in [-0.39, 0.29) is 5.97 Å². The van der Waals surface area contributed by atoms with Gasteiger partial charge in [0.25, 0.3) is 0 Å². The molecule has 0 radical (unpaired) electrons. The molecule has 96 valence electrons. The van der Waals surface area contributed by atoms with Crippen LogP contribution in [0.5, 0.6) is 0 Å². The third kappa shape index (κ3) is 1.40. The second-order valence-corrected chi connectivity index (χ2v) is 4.86. The molecular formula is C17H11NO2. The van der Waals surface area contributed by atoms with Crippen LogP contribution in [0.25, 0.3) is 16.7 Å². The first kappa shape index (κ1) is 11.2. The smallest absolute Gasteiger partial charge is 0.359 e. The van der Waals surface area contributed by atoms with Crippen LogP contribution in [0, 0.1) is 0 Å². The maximum absolute atomic E-state index is 11.6. The SMILES string of the molecule is CC1=NC(=C2c3ccccc3-c3ccccc32)OC1=O. The number of fused-ring (bicyclic) bond motifs is 3. The van der Waals surface area contributed by atoms with Crippen LogP contribution in [0.1, 0.15) is 18.1 Å². The molecule has 0 aromatic heterocycles. The number of nitrogens with zero attached hydrogens (tertiary/aromatic N) is 1. The monoisotopic (exact) mass is 261 g/mol. The van der Waals surface area contributed by atoms with E-state index in [1.165, 1.54) is 0 Å². The molecule has 0 N–H and O–H groups in total. The summed E-state index contributed by atoms with van der Waals surface area (Å²) < 4.78 is 5.31. The zero-order chi connectivity index (χ0) is 13.7. The van der Waals surface area contributed by atoms with Gasteiger partial charge in [0.15, 0.2) is 0 Å². The van der Waals surface area contributed by atoms with Crippen LogP contribution in [-0.2, 0) is 9.53 Å². The van der Waals surface area contributed by atoms with Crippen LogP contribution < -0.4 is 0 Å². The number of aliphatic imine (C=N–C) groups is 1. The molecular weight excluding hydrogens is 250 g/mol. The first-order chi connectivity index (χ1) is 9.75. The number of carbonyl (C=O) groups excluding carboxylic acids is 1. The van der Waals surface area contributed by atoms with Crippen molar-refractivity contribution in [2.75, 3.05) is 0 Å². The van der Waals surface area contributed by atoms with Crippen LogP contribution in [-0.4, -0.2) is 11.7 Å². The van der Waals surface area contributed by atoms with Gasteiger partial charge in [-0.3, -0.25) is 0 Å². The number of esters is 1. The van der Waals surface area contributed by atoms with Crippen molar-refractivity contribution in [1.29, 1.82) is 0 Å². The quantitative estimate of drug-likeness (QED) is 0.582. The molecule has 20 heavy (non-hydrogen) atoms. The van der Waals surface area contributed by atoms with Crippen molar-refractivity contribution >= 4 is 17.3 Å². The summed E-state index contributed by atoms with van der Waals surface area (Å²) >= 11 is 0. The van der Waals surface area contributed by atoms with Gasteiger partial charge in [0.1, 0.15) is 5.71 Å². The third-order valence-corrected chi connectivity index (χ3v) is 3.65. The van der Waals surface area contributed by atoms with Crippen molar-refractivity contribution in [3.63, 3.8) is 0 Å². The molecule has 1 heterocycles. The average Bonchev–Trinajstić information content (AvgIpc) is 2.97. The summed E-state index contributed by atoms with van der Waals surface area (Å²) in [5.41, 5.74) is 5.74. The standard InChI is InChI=1S/C17H11NO2/c1-10-17(19)20-16(18-10)15-13-8-4-2-6-11(13)12-7-3-5-9-14(12)15/h2-9H,1H3. The Morgan fingerprint density at radius 2 is 1.35 bits per heavy atom. The Balaban J connectivity index is 2.07. The Hall–Kier alpha value is -2.68. The third-order valence-electron chi connectivity index (χ3n) is 3.65. The summed E-state index contributed by atoms with van der Waals surface area (Å²) in [7, 11) is 0. The van der Waals surface area contributed by atoms with Gasteiger partial charge < -0.3 is 4.74 Å². The van der Waals surface area contributed by atoms with Crippen LogP contribution in [0.3, 0.4) is 0 Å². The highest BCUT2D eigenvalue weighted by Crippen LogP contribution is 2.46. The van der Waals surface area contributed by atoms with Gasteiger partial charge in [0.05, 0.1) is 5.57 Å². The highest BCUT2D eigenvalue weighted by Gasteiger charge is 2.30. The number of cyclic esters (lactones) is 1. The van der Waals surface area contributed by atoms with Crippen molar-refractivity contribution < 1.29 is 9.53 Å². The second-order valence-electron chi connectivity index (χ2n) is 4.86. The van der Waals surface area contributed by atoms with E-state index in [4.69, 9.17) is 4.74 Å². The Morgan fingerprint density at radius 1 is 0.850 bits per heavy atom. The highest BCUT2D eigenvalue weighted by molar-refractivity contribution is 6.37. The number of hydrogen-bond donors (Lipinski definition) is 0. The molecule has 0 saturated carbocycles. The molecule has 0 spiro atoms. The molecule has 0 unspecified atom stereocenters. The topological polar surface area (TPSA) is 38.7 Å². The maximum atomic E-state index is 11.6. The van der Waals surface area contributed by atoms with Crippen molar-refractivity contribution in [1.82, 2.24) is 0 Å². The average molecular weight is 261 g/mol. The van der Waals surface area contributed by atoms with Gasteiger partial charge in [-0.25, -0.2) is 9.79 Å². The van der Waals surface area contributed by atoms with E-state index < -0.39 is 0 Å². The van der Waals surface area contributed by atoms with Crippen LogP contribution in [0.2, 0.25) is 0 Å². The molecule has 0 amide bonds. The summed E-state index contributed by atoms with van der Waals surface area (Å²) in [6.45, 7) is 1.67. The number of carbonyl (C=O) groups is 1. The van der Waals surface area contributed by atoms with E-state index in [0.717, 1.165) is 27.8 Å². The van der Waals surface area contributed by atoms with Gasteiger partial charge >= 0.3 is 5.97 Å². The lowest BCUT2D eigenvalue weighted by atomic mass is 10.1. The second kappa shape index (κ2) is 3.90.